The molecule has 3 rings (SSSR count). The van der Waals surface area contributed by atoms with Crippen molar-refractivity contribution in [2.75, 3.05) is 20.1 Å². The van der Waals surface area contributed by atoms with Crippen LogP contribution in [0.3, 0.4) is 0 Å². The van der Waals surface area contributed by atoms with Gasteiger partial charge in [-0.1, -0.05) is 18.2 Å². The molecule has 0 spiro atoms. The van der Waals surface area contributed by atoms with E-state index in [1.54, 1.807) is 31.3 Å². The van der Waals surface area contributed by atoms with E-state index >= 15 is 0 Å². The Labute approximate surface area is 186 Å². The lowest BCUT2D eigenvalue weighted by Crippen LogP contribution is -2.50. The highest BCUT2D eigenvalue weighted by Crippen LogP contribution is 2.25. The SMILES string of the molecule is CN=C(NCc1ccc(F)c(CO)c1)N1CC(C)OC(c2ccc(F)cc2)C1.I. The summed E-state index contributed by atoms with van der Waals surface area (Å²) >= 11 is 0. The van der Waals surface area contributed by atoms with E-state index in [2.05, 4.69) is 15.2 Å². The van der Waals surface area contributed by atoms with Crippen LogP contribution in [-0.4, -0.2) is 42.2 Å². The highest BCUT2D eigenvalue weighted by atomic mass is 127. The lowest BCUT2D eigenvalue weighted by atomic mass is 10.1. The molecule has 1 aliphatic heterocycles. The minimum Gasteiger partial charge on any atom is -0.392 e. The van der Waals surface area contributed by atoms with E-state index in [-0.39, 0.29) is 54.2 Å². The first kappa shape index (κ1) is 23.5. The van der Waals surface area contributed by atoms with Crippen molar-refractivity contribution in [2.24, 2.45) is 4.99 Å². The molecule has 8 heteroatoms. The number of aliphatic hydroxyl groups is 1. The average Bonchev–Trinajstić information content (AvgIpc) is 2.69. The van der Waals surface area contributed by atoms with Crippen LogP contribution in [0.5, 0.6) is 0 Å². The van der Waals surface area contributed by atoms with Gasteiger partial charge in [0.2, 0.25) is 0 Å². The number of hydrogen-bond acceptors (Lipinski definition) is 3. The lowest BCUT2D eigenvalue weighted by molar-refractivity contribution is -0.0605. The number of aliphatic imine (C=N–C) groups is 1. The zero-order chi connectivity index (χ0) is 20.1. The van der Waals surface area contributed by atoms with E-state index in [9.17, 15) is 13.9 Å². The van der Waals surface area contributed by atoms with Crippen LogP contribution in [-0.2, 0) is 17.9 Å². The summed E-state index contributed by atoms with van der Waals surface area (Å²) in [6, 6.07) is 11.0. The summed E-state index contributed by atoms with van der Waals surface area (Å²) in [6.45, 7) is 3.36. The maximum absolute atomic E-state index is 13.5. The first-order chi connectivity index (χ1) is 13.5. The number of aliphatic hydroxyl groups excluding tert-OH is 1. The van der Waals surface area contributed by atoms with E-state index in [1.807, 2.05) is 6.92 Å². The molecule has 1 heterocycles. The fourth-order valence-corrected chi connectivity index (χ4v) is 3.36. The number of hydrogen-bond donors (Lipinski definition) is 2. The van der Waals surface area contributed by atoms with Gasteiger partial charge in [0.05, 0.1) is 19.3 Å². The summed E-state index contributed by atoms with van der Waals surface area (Å²) in [5.41, 5.74) is 2.04. The minimum absolute atomic E-state index is 0. The molecule has 2 aromatic carbocycles. The largest absolute Gasteiger partial charge is 0.392 e. The Morgan fingerprint density at radius 3 is 2.59 bits per heavy atom. The third kappa shape index (κ3) is 6.10. The fourth-order valence-electron chi connectivity index (χ4n) is 3.36. The Morgan fingerprint density at radius 1 is 1.21 bits per heavy atom. The molecule has 2 unspecified atom stereocenters. The number of nitrogens with zero attached hydrogens (tertiary/aromatic N) is 2. The second-order valence-corrected chi connectivity index (χ2v) is 6.88. The molecule has 0 aliphatic carbocycles. The second kappa shape index (κ2) is 10.8. The van der Waals surface area contributed by atoms with Crippen molar-refractivity contribution in [1.82, 2.24) is 10.2 Å². The van der Waals surface area contributed by atoms with Crippen molar-refractivity contribution < 1.29 is 18.6 Å². The van der Waals surface area contributed by atoms with Crippen molar-refractivity contribution in [1.29, 1.82) is 0 Å². The second-order valence-electron chi connectivity index (χ2n) is 6.88. The van der Waals surface area contributed by atoms with Gasteiger partial charge in [-0.3, -0.25) is 4.99 Å². The van der Waals surface area contributed by atoms with Gasteiger partial charge in [-0.15, -0.1) is 24.0 Å². The topological polar surface area (TPSA) is 57.1 Å². The molecule has 5 nitrogen and oxygen atoms in total. The maximum Gasteiger partial charge on any atom is 0.194 e. The molecular weight excluding hydrogens is 491 g/mol. The first-order valence-electron chi connectivity index (χ1n) is 9.25. The summed E-state index contributed by atoms with van der Waals surface area (Å²) in [7, 11) is 1.71. The molecule has 29 heavy (non-hydrogen) atoms. The molecule has 2 atom stereocenters. The summed E-state index contributed by atoms with van der Waals surface area (Å²) in [6.07, 6.45) is -0.205. The third-order valence-corrected chi connectivity index (χ3v) is 4.74. The number of rotatable bonds is 4. The van der Waals surface area contributed by atoms with Gasteiger partial charge in [-0.2, -0.15) is 0 Å². The van der Waals surface area contributed by atoms with Crippen LogP contribution in [0, 0.1) is 11.6 Å². The van der Waals surface area contributed by atoms with Crippen LogP contribution in [0.1, 0.15) is 29.7 Å². The van der Waals surface area contributed by atoms with E-state index in [4.69, 9.17) is 4.74 Å². The normalized spacial score (nSPS) is 19.6. The zero-order valence-corrected chi connectivity index (χ0v) is 18.8. The fraction of sp³-hybridized carbons (Fsp3) is 0.381. The standard InChI is InChI=1S/C21H25F2N3O2.HI/c1-14-11-26(12-20(28-14)16-4-6-18(22)7-5-16)21(24-2)25-10-15-3-8-19(23)17(9-15)13-27;/h3-9,14,20,27H,10-13H2,1-2H3,(H,24,25);1H. The van der Waals surface area contributed by atoms with Crippen LogP contribution in [0.2, 0.25) is 0 Å². The molecular formula is C21H26F2IN3O2. The predicted octanol–water partition coefficient (Wildman–Crippen LogP) is 3.61. The first-order valence-corrected chi connectivity index (χ1v) is 9.25. The Hall–Kier alpha value is -1.78. The molecule has 0 bridgehead atoms. The molecule has 2 N–H and O–H groups in total. The predicted molar refractivity (Wildman–Crippen MR) is 119 cm³/mol. The molecule has 0 radical (unpaired) electrons. The van der Waals surface area contributed by atoms with E-state index in [0.29, 0.717) is 25.6 Å². The van der Waals surface area contributed by atoms with Crippen LogP contribution < -0.4 is 5.32 Å². The maximum atomic E-state index is 13.5. The van der Waals surface area contributed by atoms with Gasteiger partial charge in [0.1, 0.15) is 17.7 Å². The van der Waals surface area contributed by atoms with Crippen molar-refractivity contribution in [3.05, 3.63) is 70.8 Å². The molecule has 2 aromatic rings. The highest BCUT2D eigenvalue weighted by Gasteiger charge is 2.28. The van der Waals surface area contributed by atoms with Gasteiger partial charge in [0.15, 0.2) is 5.96 Å². The highest BCUT2D eigenvalue weighted by molar-refractivity contribution is 14.0. The van der Waals surface area contributed by atoms with Gasteiger partial charge >= 0.3 is 0 Å². The number of ether oxygens (including phenoxy) is 1. The monoisotopic (exact) mass is 517 g/mol. The van der Waals surface area contributed by atoms with Gasteiger partial charge < -0.3 is 20.1 Å². The zero-order valence-electron chi connectivity index (χ0n) is 16.4. The van der Waals surface area contributed by atoms with E-state index < -0.39 is 5.82 Å². The quantitative estimate of drug-likeness (QED) is 0.370. The van der Waals surface area contributed by atoms with E-state index in [1.165, 1.54) is 18.2 Å². The number of guanidine groups is 1. The Balaban J connectivity index is 0.00000300. The lowest BCUT2D eigenvalue weighted by Gasteiger charge is -2.38. The number of halogens is 3. The third-order valence-electron chi connectivity index (χ3n) is 4.74. The summed E-state index contributed by atoms with van der Waals surface area (Å²) in [5, 5.41) is 12.5. The molecule has 1 fully saturated rings. The number of morpholine rings is 1. The molecule has 1 aliphatic rings. The summed E-state index contributed by atoms with van der Waals surface area (Å²) in [4.78, 5) is 6.45. The van der Waals surface area contributed by atoms with Gasteiger partial charge in [0, 0.05) is 25.7 Å². The summed E-state index contributed by atoms with van der Waals surface area (Å²) < 4.78 is 32.8. The molecule has 158 valence electrons. The molecule has 0 saturated carbocycles. The average molecular weight is 517 g/mol. The van der Waals surface area contributed by atoms with Crippen LogP contribution in [0.15, 0.2) is 47.5 Å². The van der Waals surface area contributed by atoms with E-state index in [0.717, 1.165) is 11.1 Å². The summed E-state index contributed by atoms with van der Waals surface area (Å²) in [5.74, 6) is 0.0143. The van der Waals surface area contributed by atoms with Crippen molar-refractivity contribution >= 4 is 29.9 Å². The number of benzene rings is 2. The molecule has 0 amide bonds. The Bertz CT molecular complexity index is 833. The molecule has 0 aromatic heterocycles. The number of nitrogens with one attached hydrogen (secondary N) is 1. The van der Waals surface area contributed by atoms with Crippen LogP contribution in [0.4, 0.5) is 8.78 Å². The van der Waals surface area contributed by atoms with Crippen LogP contribution >= 0.6 is 24.0 Å². The van der Waals surface area contributed by atoms with Crippen molar-refractivity contribution in [3.8, 4) is 0 Å². The molecule has 1 saturated heterocycles. The minimum atomic E-state index is -0.417. The van der Waals surface area contributed by atoms with Crippen molar-refractivity contribution in [3.63, 3.8) is 0 Å². The Morgan fingerprint density at radius 2 is 1.93 bits per heavy atom. The smallest absolute Gasteiger partial charge is 0.194 e. The van der Waals surface area contributed by atoms with Gasteiger partial charge in [-0.05, 0) is 42.3 Å². The van der Waals surface area contributed by atoms with Crippen LogP contribution in [0.25, 0.3) is 0 Å². The van der Waals surface area contributed by atoms with Gasteiger partial charge in [-0.25, -0.2) is 8.78 Å². The van der Waals surface area contributed by atoms with Crippen molar-refractivity contribution in [2.45, 2.75) is 32.3 Å². The van der Waals surface area contributed by atoms with Gasteiger partial charge in [0.25, 0.3) is 0 Å². The Kier molecular flexibility index (Phi) is 8.79.